The summed E-state index contributed by atoms with van der Waals surface area (Å²) in [7, 11) is 0. The molecule has 0 atom stereocenters. The van der Waals surface area contributed by atoms with Crippen molar-refractivity contribution in [3.63, 3.8) is 0 Å². The molecule has 9 heteroatoms. The number of aromatic amines is 1. The number of H-pyrrole nitrogens is 1. The number of amides is 2. The van der Waals surface area contributed by atoms with Crippen LogP contribution >= 0.6 is 11.3 Å². The van der Waals surface area contributed by atoms with Gasteiger partial charge in [-0.2, -0.15) is 10.2 Å². The molecule has 0 spiro atoms. The average molecular weight is 439 g/mol. The molecule has 3 aromatic heterocycles. The Bertz CT molecular complexity index is 1140. The highest BCUT2D eigenvalue weighted by Gasteiger charge is 2.33. The van der Waals surface area contributed by atoms with Crippen LogP contribution in [-0.2, 0) is 19.5 Å². The lowest BCUT2D eigenvalue weighted by molar-refractivity contribution is 0.0717. The smallest absolute Gasteiger partial charge is 0.274 e. The molecule has 1 saturated heterocycles. The topological polar surface area (TPSA) is 87.1 Å². The predicted octanol–water partition coefficient (Wildman–Crippen LogP) is 3.10. The van der Waals surface area contributed by atoms with Crippen LogP contribution in [0, 0.1) is 6.92 Å². The van der Waals surface area contributed by atoms with Gasteiger partial charge in [0.05, 0.1) is 17.1 Å². The van der Waals surface area contributed by atoms with Gasteiger partial charge in [-0.05, 0) is 44.9 Å². The standard InChI is InChI=1S/C22H26N6O2S/c1-3-28-18-8-11-27(13-15(18)20(25-28)22(30)26-9-4-5-10-26)21(29)17-12-16(23-24-17)19-7-6-14(2)31-19/h6-7,12H,3-5,8-11,13H2,1-2H3,(H,23,24). The van der Waals surface area contributed by atoms with Crippen molar-refractivity contribution in [2.45, 2.75) is 46.2 Å². The van der Waals surface area contributed by atoms with Crippen LogP contribution in [0.1, 0.15) is 56.9 Å². The lowest BCUT2D eigenvalue weighted by Crippen LogP contribution is -2.37. The van der Waals surface area contributed by atoms with Crippen molar-refractivity contribution in [3.05, 3.63) is 45.7 Å². The molecule has 5 rings (SSSR count). The minimum absolute atomic E-state index is 0.00892. The number of hydrogen-bond donors (Lipinski definition) is 1. The lowest BCUT2D eigenvalue weighted by Gasteiger charge is -2.27. The van der Waals surface area contributed by atoms with Crippen molar-refractivity contribution >= 4 is 23.2 Å². The number of aromatic nitrogens is 4. The first-order valence-electron chi connectivity index (χ1n) is 10.8. The maximum absolute atomic E-state index is 13.2. The van der Waals surface area contributed by atoms with Gasteiger partial charge in [-0.15, -0.1) is 11.3 Å². The van der Waals surface area contributed by atoms with Gasteiger partial charge in [0.15, 0.2) is 11.4 Å². The van der Waals surface area contributed by atoms with Crippen LogP contribution < -0.4 is 0 Å². The van der Waals surface area contributed by atoms with Crippen molar-refractivity contribution in [3.8, 4) is 10.6 Å². The highest BCUT2D eigenvalue weighted by molar-refractivity contribution is 7.15. The highest BCUT2D eigenvalue weighted by atomic mass is 32.1. The third-order valence-electron chi connectivity index (χ3n) is 6.12. The number of likely N-dealkylation sites (tertiary alicyclic amines) is 1. The van der Waals surface area contributed by atoms with E-state index >= 15 is 0 Å². The molecular formula is C22H26N6O2S. The van der Waals surface area contributed by atoms with E-state index in [-0.39, 0.29) is 11.8 Å². The summed E-state index contributed by atoms with van der Waals surface area (Å²) < 4.78 is 1.92. The van der Waals surface area contributed by atoms with Gasteiger partial charge in [-0.25, -0.2) is 0 Å². The molecular weight excluding hydrogens is 412 g/mol. The zero-order valence-electron chi connectivity index (χ0n) is 17.8. The van der Waals surface area contributed by atoms with Crippen LogP contribution in [0.25, 0.3) is 10.6 Å². The summed E-state index contributed by atoms with van der Waals surface area (Å²) in [5, 5.41) is 11.9. The zero-order valence-corrected chi connectivity index (χ0v) is 18.7. The Morgan fingerprint density at radius 3 is 2.65 bits per heavy atom. The molecule has 0 unspecified atom stereocenters. The molecule has 162 valence electrons. The van der Waals surface area contributed by atoms with Gasteiger partial charge in [0, 0.05) is 48.7 Å². The number of carbonyl (C=O) groups is 2. The Morgan fingerprint density at radius 2 is 1.94 bits per heavy atom. The number of nitrogens with zero attached hydrogens (tertiary/aromatic N) is 5. The average Bonchev–Trinajstić information content (AvgIpc) is 3.58. The minimum atomic E-state index is -0.120. The predicted molar refractivity (Wildman–Crippen MR) is 118 cm³/mol. The number of fused-ring (bicyclic) bond motifs is 1. The normalized spacial score (nSPS) is 16.1. The number of thiophene rings is 1. The van der Waals surface area contributed by atoms with Crippen LogP contribution in [0.5, 0.6) is 0 Å². The van der Waals surface area contributed by atoms with E-state index in [4.69, 9.17) is 0 Å². The van der Waals surface area contributed by atoms with Gasteiger partial charge in [0.2, 0.25) is 0 Å². The molecule has 3 aromatic rings. The number of nitrogens with one attached hydrogen (secondary N) is 1. The first kappa shape index (κ1) is 20.0. The molecule has 8 nitrogen and oxygen atoms in total. The van der Waals surface area contributed by atoms with Gasteiger partial charge < -0.3 is 9.80 Å². The molecule has 0 radical (unpaired) electrons. The summed E-state index contributed by atoms with van der Waals surface area (Å²) >= 11 is 1.67. The number of carbonyl (C=O) groups excluding carboxylic acids is 2. The van der Waals surface area contributed by atoms with Crippen molar-refractivity contribution in [2.75, 3.05) is 19.6 Å². The third kappa shape index (κ3) is 3.56. The van der Waals surface area contributed by atoms with Crippen molar-refractivity contribution < 1.29 is 9.59 Å². The molecule has 2 amide bonds. The Balaban J connectivity index is 1.40. The molecule has 1 fully saturated rings. The lowest BCUT2D eigenvalue weighted by atomic mass is 10.0. The molecule has 1 N–H and O–H groups in total. The second-order valence-corrected chi connectivity index (χ2v) is 9.43. The van der Waals surface area contributed by atoms with Crippen LogP contribution in [0.4, 0.5) is 0 Å². The van der Waals surface area contributed by atoms with Gasteiger partial charge in [-0.1, -0.05) is 0 Å². The van der Waals surface area contributed by atoms with Gasteiger partial charge >= 0.3 is 0 Å². The van der Waals surface area contributed by atoms with E-state index < -0.39 is 0 Å². The summed E-state index contributed by atoms with van der Waals surface area (Å²) in [5.41, 5.74) is 3.73. The van der Waals surface area contributed by atoms with Crippen LogP contribution in [-0.4, -0.2) is 61.2 Å². The van der Waals surface area contributed by atoms with Crippen molar-refractivity contribution in [1.82, 2.24) is 29.8 Å². The van der Waals surface area contributed by atoms with Crippen molar-refractivity contribution in [1.29, 1.82) is 0 Å². The second kappa shape index (κ2) is 7.96. The monoisotopic (exact) mass is 438 g/mol. The SMILES string of the molecule is CCn1nc(C(=O)N2CCCC2)c2c1CCN(C(=O)c1cc(-c3ccc(C)s3)[nH]n1)C2. The fourth-order valence-corrected chi connectivity index (χ4v) is 5.30. The number of rotatable bonds is 4. The third-order valence-corrected chi connectivity index (χ3v) is 7.15. The molecule has 0 saturated carbocycles. The van der Waals surface area contributed by atoms with E-state index in [1.165, 1.54) is 4.88 Å². The van der Waals surface area contributed by atoms with E-state index in [1.54, 1.807) is 16.2 Å². The molecule has 0 aromatic carbocycles. The Morgan fingerprint density at radius 1 is 1.13 bits per heavy atom. The molecule has 5 heterocycles. The van der Waals surface area contributed by atoms with Crippen molar-refractivity contribution in [2.24, 2.45) is 0 Å². The van der Waals surface area contributed by atoms with E-state index in [2.05, 4.69) is 28.3 Å². The molecule has 0 bridgehead atoms. The molecule has 0 aliphatic carbocycles. The van der Waals surface area contributed by atoms with E-state index in [0.29, 0.717) is 37.4 Å². The maximum atomic E-state index is 13.2. The molecule has 2 aliphatic rings. The summed E-state index contributed by atoms with van der Waals surface area (Å²) in [6, 6.07) is 5.90. The first-order valence-corrected chi connectivity index (χ1v) is 11.7. The zero-order chi connectivity index (χ0) is 21.5. The van der Waals surface area contributed by atoms with Crippen LogP contribution in [0.3, 0.4) is 0 Å². The molecule has 2 aliphatic heterocycles. The van der Waals surface area contributed by atoms with Crippen LogP contribution in [0.2, 0.25) is 0 Å². The maximum Gasteiger partial charge on any atom is 0.274 e. The molecule has 31 heavy (non-hydrogen) atoms. The van der Waals surface area contributed by atoms with Gasteiger partial charge in [0.1, 0.15) is 0 Å². The first-order chi connectivity index (χ1) is 15.0. The van der Waals surface area contributed by atoms with Crippen LogP contribution in [0.15, 0.2) is 18.2 Å². The Kier molecular flexibility index (Phi) is 5.13. The fourth-order valence-electron chi connectivity index (χ4n) is 4.47. The minimum Gasteiger partial charge on any atom is -0.337 e. The van der Waals surface area contributed by atoms with Gasteiger partial charge in [0.25, 0.3) is 11.8 Å². The highest BCUT2D eigenvalue weighted by Crippen LogP contribution is 2.28. The summed E-state index contributed by atoms with van der Waals surface area (Å²) in [5.74, 6) is -0.129. The quantitative estimate of drug-likeness (QED) is 0.678. The van der Waals surface area contributed by atoms with Gasteiger partial charge in [-0.3, -0.25) is 19.4 Å². The van der Waals surface area contributed by atoms with E-state index in [9.17, 15) is 9.59 Å². The number of hydrogen-bond acceptors (Lipinski definition) is 5. The largest absolute Gasteiger partial charge is 0.337 e. The summed E-state index contributed by atoms with van der Waals surface area (Å²) in [6.45, 7) is 7.36. The second-order valence-electron chi connectivity index (χ2n) is 8.14. The Hall–Kier alpha value is -2.94. The van der Waals surface area contributed by atoms with E-state index in [1.807, 2.05) is 28.6 Å². The summed E-state index contributed by atoms with van der Waals surface area (Å²) in [4.78, 5) is 32.2. The summed E-state index contributed by atoms with van der Waals surface area (Å²) in [6.07, 6.45) is 2.77. The number of aryl methyl sites for hydroxylation is 2. The Labute approximate surface area is 184 Å². The fraction of sp³-hybridized carbons (Fsp3) is 0.455. The van der Waals surface area contributed by atoms with E-state index in [0.717, 1.165) is 47.8 Å².